The summed E-state index contributed by atoms with van der Waals surface area (Å²) in [6.45, 7) is 6.11. The van der Waals surface area contributed by atoms with Gasteiger partial charge in [-0.25, -0.2) is 0 Å². The van der Waals surface area contributed by atoms with Crippen molar-refractivity contribution in [3.05, 3.63) is 65.4 Å². The average molecular weight is 349 g/mol. The Morgan fingerprint density at radius 1 is 1.04 bits per heavy atom. The number of nitrogens with zero attached hydrogens (tertiary/aromatic N) is 2. The lowest BCUT2D eigenvalue weighted by atomic mass is 10.1. The van der Waals surface area contributed by atoms with Crippen LogP contribution in [0.4, 0.5) is 5.69 Å². The van der Waals surface area contributed by atoms with Crippen molar-refractivity contribution in [3.63, 3.8) is 0 Å². The summed E-state index contributed by atoms with van der Waals surface area (Å²) in [7, 11) is 4.07. The Morgan fingerprint density at radius 3 is 2.38 bits per heavy atom. The van der Waals surface area contributed by atoms with E-state index in [9.17, 15) is 4.79 Å². The number of hydrogen-bond donors (Lipinski definition) is 1. The van der Waals surface area contributed by atoms with Crippen LogP contribution in [0, 0.1) is 6.92 Å². The molecule has 0 radical (unpaired) electrons. The summed E-state index contributed by atoms with van der Waals surface area (Å²) in [5, 5.41) is 1.02. The summed E-state index contributed by atoms with van der Waals surface area (Å²) < 4.78 is 0. The standard InChI is InChI=1S/C22H27N3O/c1-5-25(14-17-10-12-18(13-11-17)24(3)4)15-21(26)22-16(2)23-20-9-7-6-8-19(20)22/h6-13,23H,5,14-15H2,1-4H3. The van der Waals surface area contributed by atoms with Crippen LogP contribution < -0.4 is 4.90 Å². The number of ketones is 1. The molecule has 26 heavy (non-hydrogen) atoms. The number of rotatable bonds is 7. The van der Waals surface area contributed by atoms with Gasteiger partial charge < -0.3 is 9.88 Å². The number of fused-ring (bicyclic) bond motifs is 1. The molecule has 0 unspecified atom stereocenters. The molecule has 0 aliphatic carbocycles. The zero-order valence-electron chi connectivity index (χ0n) is 16.0. The lowest BCUT2D eigenvalue weighted by molar-refractivity contribution is 0.0930. The van der Waals surface area contributed by atoms with Crippen molar-refractivity contribution < 1.29 is 4.79 Å². The third-order valence-electron chi connectivity index (χ3n) is 4.85. The number of carbonyl (C=O) groups excluding carboxylic acids is 1. The van der Waals surface area contributed by atoms with E-state index < -0.39 is 0 Å². The Hall–Kier alpha value is -2.59. The number of para-hydroxylation sites is 1. The molecule has 0 saturated heterocycles. The van der Waals surface area contributed by atoms with Crippen LogP contribution in [0.25, 0.3) is 10.9 Å². The monoisotopic (exact) mass is 349 g/mol. The van der Waals surface area contributed by atoms with Gasteiger partial charge in [-0.05, 0) is 37.2 Å². The van der Waals surface area contributed by atoms with Crippen LogP contribution in [0.2, 0.25) is 0 Å². The van der Waals surface area contributed by atoms with Gasteiger partial charge in [-0.2, -0.15) is 0 Å². The molecule has 0 amide bonds. The van der Waals surface area contributed by atoms with Gasteiger partial charge in [0.05, 0.1) is 6.54 Å². The molecule has 0 bridgehead atoms. The Kier molecular flexibility index (Phi) is 5.43. The van der Waals surface area contributed by atoms with E-state index in [1.54, 1.807) is 0 Å². The summed E-state index contributed by atoms with van der Waals surface area (Å²) in [5.74, 6) is 0.173. The third-order valence-corrected chi connectivity index (χ3v) is 4.85. The minimum atomic E-state index is 0.173. The third kappa shape index (κ3) is 3.81. The fourth-order valence-electron chi connectivity index (χ4n) is 3.36. The molecular weight excluding hydrogens is 322 g/mol. The molecule has 0 saturated carbocycles. The fraction of sp³-hybridized carbons (Fsp3) is 0.318. The summed E-state index contributed by atoms with van der Waals surface area (Å²) in [6.07, 6.45) is 0. The maximum absolute atomic E-state index is 13.0. The van der Waals surface area contributed by atoms with E-state index in [2.05, 4.69) is 46.0 Å². The quantitative estimate of drug-likeness (QED) is 0.648. The highest BCUT2D eigenvalue weighted by molar-refractivity contribution is 6.10. The molecule has 4 heteroatoms. The van der Waals surface area contributed by atoms with E-state index in [1.165, 1.54) is 11.3 Å². The summed E-state index contributed by atoms with van der Waals surface area (Å²) in [5.41, 5.74) is 5.20. The molecule has 1 heterocycles. The van der Waals surface area contributed by atoms with E-state index in [0.717, 1.165) is 35.2 Å². The molecule has 0 spiro atoms. The highest BCUT2D eigenvalue weighted by Crippen LogP contribution is 2.23. The van der Waals surface area contributed by atoms with Gasteiger partial charge in [0.15, 0.2) is 5.78 Å². The Balaban J connectivity index is 1.75. The number of nitrogens with one attached hydrogen (secondary N) is 1. The van der Waals surface area contributed by atoms with Crippen molar-refractivity contribution in [2.45, 2.75) is 20.4 Å². The number of H-pyrrole nitrogens is 1. The number of aryl methyl sites for hydroxylation is 1. The number of likely N-dealkylation sites (N-methyl/N-ethyl adjacent to an activating group) is 1. The molecule has 0 aliphatic heterocycles. The molecular formula is C22H27N3O. The highest BCUT2D eigenvalue weighted by Gasteiger charge is 2.18. The number of carbonyl (C=O) groups is 1. The normalized spacial score (nSPS) is 11.3. The number of hydrogen-bond acceptors (Lipinski definition) is 3. The van der Waals surface area contributed by atoms with Gasteiger partial charge in [0.25, 0.3) is 0 Å². The van der Waals surface area contributed by atoms with Gasteiger partial charge in [-0.1, -0.05) is 37.3 Å². The summed E-state index contributed by atoms with van der Waals surface area (Å²) in [4.78, 5) is 20.6. The Labute approximate surface area is 155 Å². The molecule has 136 valence electrons. The topological polar surface area (TPSA) is 39.3 Å². The first-order valence-electron chi connectivity index (χ1n) is 9.08. The largest absolute Gasteiger partial charge is 0.378 e. The van der Waals surface area contributed by atoms with Crippen molar-refractivity contribution in [1.82, 2.24) is 9.88 Å². The van der Waals surface area contributed by atoms with Crippen LogP contribution in [-0.4, -0.2) is 42.9 Å². The van der Waals surface area contributed by atoms with E-state index in [0.29, 0.717) is 6.54 Å². The first-order valence-corrected chi connectivity index (χ1v) is 9.08. The Morgan fingerprint density at radius 2 is 1.73 bits per heavy atom. The second-order valence-corrected chi connectivity index (χ2v) is 6.96. The van der Waals surface area contributed by atoms with Gasteiger partial charge in [-0.15, -0.1) is 0 Å². The molecule has 1 aromatic heterocycles. The maximum Gasteiger partial charge on any atom is 0.179 e. The second-order valence-electron chi connectivity index (χ2n) is 6.96. The van der Waals surface area contributed by atoms with E-state index in [1.807, 2.05) is 45.3 Å². The van der Waals surface area contributed by atoms with Crippen molar-refractivity contribution in [3.8, 4) is 0 Å². The first-order chi connectivity index (χ1) is 12.5. The lowest BCUT2D eigenvalue weighted by Crippen LogP contribution is -2.29. The number of aromatic amines is 1. The summed E-state index contributed by atoms with van der Waals surface area (Å²) >= 11 is 0. The van der Waals surface area contributed by atoms with Crippen molar-refractivity contribution >= 4 is 22.4 Å². The van der Waals surface area contributed by atoms with Crippen LogP contribution >= 0.6 is 0 Å². The predicted molar refractivity (Wildman–Crippen MR) is 109 cm³/mol. The zero-order chi connectivity index (χ0) is 18.7. The van der Waals surface area contributed by atoms with E-state index >= 15 is 0 Å². The van der Waals surface area contributed by atoms with E-state index in [4.69, 9.17) is 0 Å². The number of Topliss-reactive ketones (excluding diaryl/α,β-unsaturated/α-hetero) is 1. The predicted octanol–water partition coefficient (Wildman–Crippen LogP) is 4.25. The zero-order valence-corrected chi connectivity index (χ0v) is 16.0. The highest BCUT2D eigenvalue weighted by atomic mass is 16.1. The average Bonchev–Trinajstić information content (AvgIpc) is 2.97. The van der Waals surface area contributed by atoms with Crippen molar-refractivity contribution in [1.29, 1.82) is 0 Å². The molecule has 4 nitrogen and oxygen atoms in total. The number of aromatic nitrogens is 1. The SMILES string of the molecule is CCN(CC(=O)c1c(C)[nH]c2ccccc12)Cc1ccc(N(C)C)cc1. The van der Waals surface area contributed by atoms with Crippen molar-refractivity contribution in [2.75, 3.05) is 32.1 Å². The maximum atomic E-state index is 13.0. The number of anilines is 1. The molecule has 2 aromatic carbocycles. The van der Waals surface area contributed by atoms with Crippen LogP contribution in [0.15, 0.2) is 48.5 Å². The minimum absolute atomic E-state index is 0.173. The smallest absolute Gasteiger partial charge is 0.179 e. The van der Waals surface area contributed by atoms with Gasteiger partial charge in [0, 0.05) is 48.5 Å². The van der Waals surface area contributed by atoms with Crippen LogP contribution in [-0.2, 0) is 6.54 Å². The first kappa shape index (κ1) is 18.2. The molecule has 0 aliphatic rings. The summed E-state index contributed by atoms with van der Waals surface area (Å²) in [6, 6.07) is 16.5. The molecule has 3 aromatic rings. The second kappa shape index (κ2) is 7.75. The van der Waals surface area contributed by atoms with Crippen molar-refractivity contribution in [2.24, 2.45) is 0 Å². The van der Waals surface area contributed by atoms with Crippen LogP contribution in [0.3, 0.4) is 0 Å². The number of benzene rings is 2. The van der Waals surface area contributed by atoms with Gasteiger partial charge >= 0.3 is 0 Å². The van der Waals surface area contributed by atoms with Crippen LogP contribution in [0.1, 0.15) is 28.5 Å². The van der Waals surface area contributed by atoms with Gasteiger partial charge in [0.2, 0.25) is 0 Å². The van der Waals surface area contributed by atoms with Gasteiger partial charge in [-0.3, -0.25) is 9.69 Å². The minimum Gasteiger partial charge on any atom is -0.378 e. The lowest BCUT2D eigenvalue weighted by Gasteiger charge is -2.20. The molecule has 0 atom stereocenters. The Bertz CT molecular complexity index is 893. The molecule has 1 N–H and O–H groups in total. The van der Waals surface area contributed by atoms with Gasteiger partial charge in [0.1, 0.15) is 0 Å². The fourth-order valence-corrected chi connectivity index (χ4v) is 3.36. The van der Waals surface area contributed by atoms with Crippen LogP contribution in [0.5, 0.6) is 0 Å². The molecule has 3 rings (SSSR count). The molecule has 0 fully saturated rings. The van der Waals surface area contributed by atoms with E-state index in [-0.39, 0.29) is 5.78 Å².